The molecular weight excluding hydrogens is 198 g/mol. The molecule has 0 atom stereocenters. The van der Waals surface area contributed by atoms with E-state index in [2.05, 4.69) is 0 Å². The maximum Gasteiger partial charge on any atom is 0.144 e. The van der Waals surface area contributed by atoms with E-state index in [1.54, 1.807) is 0 Å². The highest BCUT2D eigenvalue weighted by molar-refractivity contribution is 5.25. The molecular formula is C11H18F2N2. The molecule has 1 aliphatic rings. The Labute approximate surface area is 89.9 Å². The summed E-state index contributed by atoms with van der Waals surface area (Å²) in [5, 5.41) is 0. The van der Waals surface area contributed by atoms with Crippen LogP contribution in [0.25, 0.3) is 0 Å². The molecule has 0 spiro atoms. The van der Waals surface area contributed by atoms with Gasteiger partial charge in [-0.1, -0.05) is 0 Å². The van der Waals surface area contributed by atoms with Crippen molar-refractivity contribution < 1.29 is 8.78 Å². The van der Waals surface area contributed by atoms with Crippen LogP contribution in [-0.2, 0) is 0 Å². The van der Waals surface area contributed by atoms with Crippen molar-refractivity contribution in [1.29, 1.82) is 0 Å². The molecule has 0 aliphatic heterocycles. The van der Waals surface area contributed by atoms with Crippen LogP contribution in [0.5, 0.6) is 0 Å². The van der Waals surface area contributed by atoms with Crippen LogP contribution in [-0.4, -0.2) is 44.0 Å². The van der Waals surface area contributed by atoms with Crippen molar-refractivity contribution in [3.8, 4) is 0 Å². The molecule has 0 amide bonds. The van der Waals surface area contributed by atoms with E-state index in [9.17, 15) is 8.78 Å². The van der Waals surface area contributed by atoms with E-state index in [1.807, 2.05) is 30.9 Å². The molecule has 1 aliphatic carbocycles. The van der Waals surface area contributed by atoms with Gasteiger partial charge in [-0.2, -0.15) is 0 Å². The monoisotopic (exact) mass is 216 g/mol. The number of halogens is 2. The average molecular weight is 216 g/mol. The van der Waals surface area contributed by atoms with E-state index >= 15 is 0 Å². The fourth-order valence-electron chi connectivity index (χ4n) is 1.51. The highest BCUT2D eigenvalue weighted by atomic mass is 19.1. The van der Waals surface area contributed by atoms with Crippen LogP contribution in [0.4, 0.5) is 8.78 Å². The Bertz CT molecular complexity index is 282. The Balaban J connectivity index is 2.59. The first-order chi connectivity index (χ1) is 7.00. The third kappa shape index (κ3) is 3.63. The van der Waals surface area contributed by atoms with E-state index in [-0.39, 0.29) is 5.83 Å². The Hall–Kier alpha value is -0.900. The van der Waals surface area contributed by atoms with E-state index in [1.165, 1.54) is 0 Å². The van der Waals surface area contributed by atoms with Gasteiger partial charge in [-0.25, -0.2) is 8.78 Å². The summed E-state index contributed by atoms with van der Waals surface area (Å²) < 4.78 is 26.1. The summed E-state index contributed by atoms with van der Waals surface area (Å²) in [6.07, 6.45) is 1.76. The molecule has 0 aromatic heterocycles. The minimum absolute atomic E-state index is 0.315. The minimum atomic E-state index is -0.431. The fourth-order valence-corrected chi connectivity index (χ4v) is 1.51. The van der Waals surface area contributed by atoms with Crippen molar-refractivity contribution >= 4 is 0 Å². The maximum absolute atomic E-state index is 13.4. The van der Waals surface area contributed by atoms with E-state index in [4.69, 9.17) is 0 Å². The number of nitrogens with zero attached hydrogens (tertiary/aromatic N) is 2. The first kappa shape index (κ1) is 12.2. The second kappa shape index (κ2) is 5.26. The SMILES string of the molecule is CN(C)CCN(C)C1=C(F)C=C(F)CC1. The number of likely N-dealkylation sites (N-methyl/N-ethyl adjacent to an activating group) is 2. The lowest BCUT2D eigenvalue weighted by Crippen LogP contribution is -2.29. The number of hydrogen-bond donors (Lipinski definition) is 0. The van der Waals surface area contributed by atoms with Crippen molar-refractivity contribution in [1.82, 2.24) is 9.80 Å². The third-order valence-corrected chi connectivity index (χ3v) is 2.50. The predicted molar refractivity (Wildman–Crippen MR) is 57.7 cm³/mol. The molecule has 86 valence electrons. The summed E-state index contributed by atoms with van der Waals surface area (Å²) in [6.45, 7) is 1.62. The molecule has 0 aromatic rings. The Morgan fingerprint density at radius 1 is 1.13 bits per heavy atom. The second-order valence-corrected chi connectivity index (χ2v) is 4.11. The molecule has 0 aromatic carbocycles. The predicted octanol–water partition coefficient (Wildman–Crippen LogP) is 2.31. The molecule has 0 saturated carbocycles. The van der Waals surface area contributed by atoms with Gasteiger partial charge >= 0.3 is 0 Å². The molecule has 0 bridgehead atoms. The van der Waals surface area contributed by atoms with Crippen LogP contribution >= 0.6 is 0 Å². The molecule has 15 heavy (non-hydrogen) atoms. The highest BCUT2D eigenvalue weighted by Gasteiger charge is 2.16. The number of allylic oxidation sites excluding steroid dienone is 4. The van der Waals surface area contributed by atoms with Crippen molar-refractivity contribution in [2.75, 3.05) is 34.2 Å². The van der Waals surface area contributed by atoms with Gasteiger partial charge < -0.3 is 9.80 Å². The summed E-state index contributed by atoms with van der Waals surface area (Å²) in [5.41, 5.74) is 0.609. The van der Waals surface area contributed by atoms with Gasteiger partial charge in [0.1, 0.15) is 11.7 Å². The lowest BCUT2D eigenvalue weighted by molar-refractivity contribution is 0.309. The van der Waals surface area contributed by atoms with Crippen LogP contribution in [0.3, 0.4) is 0 Å². The summed E-state index contributed by atoms with van der Waals surface area (Å²) in [6, 6.07) is 0. The van der Waals surface area contributed by atoms with Gasteiger partial charge in [0.2, 0.25) is 0 Å². The number of rotatable bonds is 4. The van der Waals surface area contributed by atoms with Gasteiger partial charge in [-0.05, 0) is 20.5 Å². The minimum Gasteiger partial charge on any atom is -0.374 e. The molecule has 2 nitrogen and oxygen atoms in total. The van der Waals surface area contributed by atoms with Gasteiger partial charge in [0.05, 0.1) is 0 Å². The van der Waals surface area contributed by atoms with E-state index in [0.717, 1.165) is 19.2 Å². The molecule has 1 rings (SSSR count). The van der Waals surface area contributed by atoms with Crippen molar-refractivity contribution in [2.24, 2.45) is 0 Å². The molecule has 0 saturated heterocycles. The molecule has 0 heterocycles. The molecule has 0 unspecified atom stereocenters. The van der Waals surface area contributed by atoms with Crippen LogP contribution in [0, 0.1) is 0 Å². The highest BCUT2D eigenvalue weighted by Crippen LogP contribution is 2.26. The van der Waals surface area contributed by atoms with Gasteiger partial charge in [-0.15, -0.1) is 0 Å². The molecule has 0 N–H and O–H groups in total. The van der Waals surface area contributed by atoms with Crippen molar-refractivity contribution in [3.63, 3.8) is 0 Å². The van der Waals surface area contributed by atoms with E-state index in [0.29, 0.717) is 18.5 Å². The fraction of sp³-hybridized carbons (Fsp3) is 0.636. The first-order valence-corrected chi connectivity index (χ1v) is 5.11. The van der Waals surface area contributed by atoms with E-state index < -0.39 is 5.83 Å². The Morgan fingerprint density at radius 2 is 1.80 bits per heavy atom. The largest absolute Gasteiger partial charge is 0.374 e. The van der Waals surface area contributed by atoms with Crippen LogP contribution in [0.15, 0.2) is 23.4 Å². The summed E-state index contributed by atoms with van der Waals surface area (Å²) in [4.78, 5) is 3.90. The first-order valence-electron chi connectivity index (χ1n) is 5.11. The summed E-state index contributed by atoms with van der Waals surface area (Å²) in [5.74, 6) is -0.794. The second-order valence-electron chi connectivity index (χ2n) is 4.11. The molecule has 4 heteroatoms. The zero-order valence-corrected chi connectivity index (χ0v) is 9.56. The van der Waals surface area contributed by atoms with Crippen LogP contribution in [0.1, 0.15) is 12.8 Å². The van der Waals surface area contributed by atoms with Crippen LogP contribution in [0.2, 0.25) is 0 Å². The van der Waals surface area contributed by atoms with Gasteiger partial charge in [0, 0.05) is 38.3 Å². The van der Waals surface area contributed by atoms with Crippen molar-refractivity contribution in [2.45, 2.75) is 12.8 Å². The number of hydrogen-bond acceptors (Lipinski definition) is 2. The lowest BCUT2D eigenvalue weighted by Gasteiger charge is -2.26. The topological polar surface area (TPSA) is 6.48 Å². The third-order valence-electron chi connectivity index (χ3n) is 2.50. The molecule has 0 fully saturated rings. The lowest BCUT2D eigenvalue weighted by atomic mass is 10.1. The maximum atomic E-state index is 13.4. The van der Waals surface area contributed by atoms with Gasteiger partial charge in [0.15, 0.2) is 0 Å². The quantitative estimate of drug-likeness (QED) is 0.711. The summed E-state index contributed by atoms with van der Waals surface area (Å²) in [7, 11) is 5.79. The summed E-state index contributed by atoms with van der Waals surface area (Å²) >= 11 is 0. The average Bonchev–Trinajstić information content (AvgIpc) is 2.14. The smallest absolute Gasteiger partial charge is 0.144 e. The standard InChI is InChI=1S/C11H18F2N2/c1-14(2)6-7-15(3)11-5-4-9(12)8-10(11)13/h8H,4-7H2,1-3H3. The normalized spacial score (nSPS) is 17.1. The Morgan fingerprint density at radius 3 is 2.33 bits per heavy atom. The zero-order chi connectivity index (χ0) is 11.4. The van der Waals surface area contributed by atoms with Crippen molar-refractivity contribution in [3.05, 3.63) is 23.4 Å². The van der Waals surface area contributed by atoms with Gasteiger partial charge in [-0.3, -0.25) is 0 Å². The molecule has 0 radical (unpaired) electrons. The van der Waals surface area contributed by atoms with Crippen LogP contribution < -0.4 is 0 Å². The van der Waals surface area contributed by atoms with Gasteiger partial charge in [0.25, 0.3) is 0 Å². The zero-order valence-electron chi connectivity index (χ0n) is 9.56. The Kier molecular flexibility index (Phi) is 4.27.